The van der Waals surface area contributed by atoms with Crippen molar-refractivity contribution in [1.29, 1.82) is 5.26 Å². The van der Waals surface area contributed by atoms with Crippen LogP contribution in [-0.4, -0.2) is 16.7 Å². The fraction of sp³-hybridized carbons (Fsp3) is 0.500. The number of nitro groups is 1. The van der Waals surface area contributed by atoms with Crippen LogP contribution < -0.4 is 0 Å². The van der Waals surface area contributed by atoms with Crippen LogP contribution in [0.4, 0.5) is 0 Å². The van der Waals surface area contributed by atoms with Crippen LogP contribution in [0.2, 0.25) is 0 Å². The van der Waals surface area contributed by atoms with Crippen molar-refractivity contribution < 1.29 is 9.72 Å². The molecule has 0 aromatic rings. The quantitative estimate of drug-likeness (QED) is 0.379. The third-order valence-electron chi connectivity index (χ3n) is 0.718. The van der Waals surface area contributed by atoms with E-state index in [9.17, 15) is 14.9 Å². The topological polar surface area (TPSA) is 84.0 Å². The van der Waals surface area contributed by atoms with Gasteiger partial charge in [0, 0.05) is 11.8 Å². The zero-order valence-corrected chi connectivity index (χ0v) is 4.70. The SMILES string of the molecule is CC(=O)C(C#N)[N+](=O)[O-]. The van der Waals surface area contributed by atoms with Crippen molar-refractivity contribution in [3.8, 4) is 6.07 Å². The van der Waals surface area contributed by atoms with Crippen LogP contribution in [0.1, 0.15) is 6.92 Å². The molecular weight excluding hydrogens is 124 g/mol. The standard InChI is InChI=1S/C4H4N2O3/c1-3(7)4(2-5)6(8)9/h4H,1H3. The summed E-state index contributed by atoms with van der Waals surface area (Å²) in [6, 6.07) is -0.438. The lowest BCUT2D eigenvalue weighted by Gasteiger charge is -1.91. The summed E-state index contributed by atoms with van der Waals surface area (Å²) in [5.41, 5.74) is 0. The van der Waals surface area contributed by atoms with Crippen LogP contribution in [-0.2, 0) is 4.79 Å². The molecule has 0 saturated heterocycles. The van der Waals surface area contributed by atoms with Crippen molar-refractivity contribution in [2.24, 2.45) is 0 Å². The summed E-state index contributed by atoms with van der Waals surface area (Å²) in [6.45, 7) is 1.01. The van der Waals surface area contributed by atoms with E-state index in [2.05, 4.69) is 0 Å². The summed E-state index contributed by atoms with van der Waals surface area (Å²) in [4.78, 5) is 19.0. The molecule has 0 amide bonds. The van der Waals surface area contributed by atoms with Gasteiger partial charge in [-0.1, -0.05) is 0 Å². The molecule has 0 rings (SSSR count). The van der Waals surface area contributed by atoms with Gasteiger partial charge < -0.3 is 0 Å². The van der Waals surface area contributed by atoms with Crippen LogP contribution in [0.5, 0.6) is 0 Å². The van der Waals surface area contributed by atoms with Crippen molar-refractivity contribution in [2.45, 2.75) is 13.0 Å². The van der Waals surface area contributed by atoms with Gasteiger partial charge in [-0.05, 0) is 0 Å². The van der Waals surface area contributed by atoms with Crippen LogP contribution in [0.25, 0.3) is 0 Å². The van der Waals surface area contributed by atoms with Gasteiger partial charge in [0.1, 0.15) is 0 Å². The van der Waals surface area contributed by atoms with Gasteiger partial charge in [-0.2, -0.15) is 5.26 Å². The van der Waals surface area contributed by atoms with Crippen molar-refractivity contribution in [1.82, 2.24) is 0 Å². The van der Waals surface area contributed by atoms with E-state index in [0.717, 1.165) is 6.92 Å². The largest absolute Gasteiger partial charge is 0.353 e. The van der Waals surface area contributed by atoms with Crippen LogP contribution in [0.15, 0.2) is 0 Å². The highest BCUT2D eigenvalue weighted by atomic mass is 16.6. The lowest BCUT2D eigenvalue weighted by molar-refractivity contribution is -0.492. The molecule has 1 atom stereocenters. The molecule has 0 aromatic carbocycles. The minimum absolute atomic E-state index is 0.734. The lowest BCUT2D eigenvalue weighted by atomic mass is 10.2. The Hall–Kier alpha value is -1.44. The molecule has 5 nitrogen and oxygen atoms in total. The number of nitrogens with zero attached hydrogens (tertiary/aromatic N) is 2. The van der Waals surface area contributed by atoms with E-state index in [1.165, 1.54) is 6.07 Å². The van der Waals surface area contributed by atoms with Crippen molar-refractivity contribution >= 4 is 5.78 Å². The summed E-state index contributed by atoms with van der Waals surface area (Å²) in [6.07, 6.45) is 0. The predicted octanol–water partition coefficient (Wildman–Crippen LogP) is -0.256. The Morgan fingerprint density at radius 3 is 2.33 bits per heavy atom. The minimum atomic E-state index is -1.69. The molecule has 0 aliphatic rings. The Kier molecular flexibility index (Phi) is 2.32. The molecule has 0 aromatic heterocycles. The maximum atomic E-state index is 10.2. The summed E-state index contributed by atoms with van der Waals surface area (Å²) in [5, 5.41) is 17.7. The molecule has 0 fully saturated rings. The number of hydrogen-bond donors (Lipinski definition) is 0. The third kappa shape index (κ3) is 1.86. The molecule has 48 valence electrons. The number of ketones is 1. The highest BCUT2D eigenvalue weighted by Crippen LogP contribution is 1.87. The lowest BCUT2D eigenvalue weighted by Crippen LogP contribution is -2.24. The van der Waals surface area contributed by atoms with Crippen LogP contribution in [0.3, 0.4) is 0 Å². The van der Waals surface area contributed by atoms with E-state index in [-0.39, 0.29) is 0 Å². The fourth-order valence-electron chi connectivity index (χ4n) is 0.286. The maximum Gasteiger partial charge on any atom is 0.353 e. The van der Waals surface area contributed by atoms with Gasteiger partial charge in [0.05, 0.1) is 0 Å². The first-order valence-corrected chi connectivity index (χ1v) is 2.13. The second kappa shape index (κ2) is 2.77. The first-order valence-electron chi connectivity index (χ1n) is 2.13. The van der Waals surface area contributed by atoms with Crippen LogP contribution >= 0.6 is 0 Å². The zero-order valence-electron chi connectivity index (χ0n) is 4.70. The summed E-state index contributed by atoms with van der Waals surface area (Å²) in [7, 11) is 0. The zero-order chi connectivity index (χ0) is 7.44. The molecule has 1 unspecified atom stereocenters. The molecule has 0 aliphatic carbocycles. The molecule has 0 saturated carbocycles. The molecule has 0 spiro atoms. The predicted molar refractivity (Wildman–Crippen MR) is 27.1 cm³/mol. The average Bonchev–Trinajstić information content (AvgIpc) is 1.64. The van der Waals surface area contributed by atoms with Gasteiger partial charge >= 0.3 is 6.04 Å². The molecule has 5 heteroatoms. The van der Waals surface area contributed by atoms with Gasteiger partial charge in [0.15, 0.2) is 6.07 Å². The summed E-state index contributed by atoms with van der Waals surface area (Å²) >= 11 is 0. The van der Waals surface area contributed by atoms with Gasteiger partial charge in [-0.3, -0.25) is 14.9 Å². The molecule has 9 heavy (non-hydrogen) atoms. The number of hydrogen-bond acceptors (Lipinski definition) is 4. The number of nitriles is 1. The molecule has 0 radical (unpaired) electrons. The minimum Gasteiger partial charge on any atom is -0.291 e. The monoisotopic (exact) mass is 128 g/mol. The van der Waals surface area contributed by atoms with Gasteiger partial charge in [-0.25, -0.2) is 0 Å². The second-order valence-corrected chi connectivity index (χ2v) is 1.43. The van der Waals surface area contributed by atoms with Crippen molar-refractivity contribution in [3.63, 3.8) is 0 Å². The van der Waals surface area contributed by atoms with Crippen molar-refractivity contribution in [2.75, 3.05) is 0 Å². The number of Topliss-reactive ketones (excluding diaryl/α,β-unsaturated/α-hetero) is 1. The highest BCUT2D eigenvalue weighted by molar-refractivity contribution is 5.82. The Morgan fingerprint density at radius 1 is 1.89 bits per heavy atom. The summed E-state index contributed by atoms with van der Waals surface area (Å²) in [5.74, 6) is -0.734. The molecular formula is C4H4N2O3. The second-order valence-electron chi connectivity index (χ2n) is 1.43. The van der Waals surface area contributed by atoms with E-state index in [1.807, 2.05) is 0 Å². The number of carbonyl (C=O) groups is 1. The first kappa shape index (κ1) is 7.56. The van der Waals surface area contributed by atoms with E-state index in [1.54, 1.807) is 0 Å². The van der Waals surface area contributed by atoms with E-state index in [4.69, 9.17) is 5.26 Å². The van der Waals surface area contributed by atoms with Crippen LogP contribution in [0, 0.1) is 21.4 Å². The third-order valence-corrected chi connectivity index (χ3v) is 0.718. The average molecular weight is 128 g/mol. The Labute approximate surface area is 51.0 Å². The van der Waals surface area contributed by atoms with Gasteiger partial charge in [0.25, 0.3) is 0 Å². The normalized spacial score (nSPS) is 11.6. The number of carbonyl (C=O) groups excluding carboxylic acids is 1. The van der Waals surface area contributed by atoms with Gasteiger partial charge in [0.2, 0.25) is 5.78 Å². The maximum absolute atomic E-state index is 10.2. The molecule has 0 heterocycles. The first-order chi connectivity index (χ1) is 4.09. The van der Waals surface area contributed by atoms with E-state index in [0.29, 0.717) is 0 Å². The summed E-state index contributed by atoms with van der Waals surface area (Å²) < 4.78 is 0. The highest BCUT2D eigenvalue weighted by Gasteiger charge is 2.23. The van der Waals surface area contributed by atoms with Gasteiger partial charge in [-0.15, -0.1) is 0 Å². The Bertz CT molecular complexity index is 167. The fourth-order valence-corrected chi connectivity index (χ4v) is 0.286. The molecule has 0 N–H and O–H groups in total. The molecule has 0 bridgehead atoms. The Balaban J connectivity index is 4.22. The van der Waals surface area contributed by atoms with Crippen molar-refractivity contribution in [3.05, 3.63) is 10.1 Å². The van der Waals surface area contributed by atoms with E-state index >= 15 is 0 Å². The smallest absolute Gasteiger partial charge is 0.291 e. The van der Waals surface area contributed by atoms with E-state index < -0.39 is 16.7 Å². The number of rotatable bonds is 2. The molecule has 0 aliphatic heterocycles. The Morgan fingerprint density at radius 2 is 2.33 bits per heavy atom.